The summed E-state index contributed by atoms with van der Waals surface area (Å²) in [5.74, 6) is 6.07. The Kier molecular flexibility index (Phi) is 5.61. The van der Waals surface area contributed by atoms with Gasteiger partial charge in [-0.25, -0.2) is 9.78 Å². The molecule has 0 bridgehead atoms. The van der Waals surface area contributed by atoms with Gasteiger partial charge in [0, 0.05) is 24.8 Å². The Labute approximate surface area is 169 Å². The van der Waals surface area contributed by atoms with Crippen LogP contribution in [0.1, 0.15) is 37.6 Å². The summed E-state index contributed by atoms with van der Waals surface area (Å²) in [4.78, 5) is 16.1. The number of nitrogens with one attached hydrogen (secondary N) is 1. The molecule has 148 valence electrons. The zero-order valence-corrected chi connectivity index (χ0v) is 17.0. The van der Waals surface area contributed by atoms with Crippen LogP contribution in [0, 0.1) is 23.2 Å². The van der Waals surface area contributed by atoms with E-state index in [4.69, 9.17) is 4.74 Å². The molecule has 0 aliphatic carbocycles. The monoisotopic (exact) mass is 389 g/mol. The molecule has 0 unspecified atom stereocenters. The Bertz CT molecular complexity index is 1150. The van der Waals surface area contributed by atoms with Crippen LogP contribution in [0.5, 0.6) is 0 Å². The van der Waals surface area contributed by atoms with E-state index in [1.807, 2.05) is 61.5 Å². The maximum absolute atomic E-state index is 11.7. The van der Waals surface area contributed by atoms with Crippen molar-refractivity contribution >= 4 is 17.0 Å². The molecular weight excluding hydrogens is 366 g/mol. The van der Waals surface area contributed by atoms with E-state index in [0.29, 0.717) is 12.1 Å². The fourth-order valence-electron chi connectivity index (χ4n) is 2.89. The second-order valence-electron chi connectivity index (χ2n) is 7.70. The number of rotatable bonds is 3. The molecule has 0 saturated carbocycles. The molecule has 3 aromatic rings. The third-order valence-corrected chi connectivity index (χ3v) is 4.05. The van der Waals surface area contributed by atoms with Crippen molar-refractivity contribution in [2.45, 2.75) is 32.9 Å². The lowest BCUT2D eigenvalue weighted by Crippen LogP contribution is -2.32. The van der Waals surface area contributed by atoms with Gasteiger partial charge in [0.15, 0.2) is 0 Å². The van der Waals surface area contributed by atoms with Gasteiger partial charge in [0.25, 0.3) is 0 Å². The number of aryl methyl sites for hydroxylation is 1. The van der Waals surface area contributed by atoms with Crippen LogP contribution in [0.15, 0.2) is 36.9 Å². The summed E-state index contributed by atoms with van der Waals surface area (Å²) in [7, 11) is 1.92. The first-order valence-corrected chi connectivity index (χ1v) is 9.21. The molecule has 0 atom stereocenters. The number of imidazole rings is 1. The Morgan fingerprint density at radius 3 is 2.76 bits per heavy atom. The maximum Gasteiger partial charge on any atom is 0.408 e. The summed E-state index contributed by atoms with van der Waals surface area (Å²) in [5.41, 5.74) is 2.70. The van der Waals surface area contributed by atoms with E-state index < -0.39 is 11.7 Å². The molecule has 0 aliphatic heterocycles. The van der Waals surface area contributed by atoms with Gasteiger partial charge in [0.05, 0.1) is 47.8 Å². The fraction of sp³-hybridized carbons (Fsp3) is 0.318. The Morgan fingerprint density at radius 1 is 1.31 bits per heavy atom. The summed E-state index contributed by atoms with van der Waals surface area (Å²) in [6.07, 6.45) is 5.16. The number of nitriles is 1. The molecule has 1 aromatic carbocycles. The highest BCUT2D eigenvalue weighted by atomic mass is 16.6. The number of fused-ring (bicyclic) bond motifs is 1. The summed E-state index contributed by atoms with van der Waals surface area (Å²) in [6, 6.07) is 7.70. The van der Waals surface area contributed by atoms with E-state index in [1.165, 1.54) is 0 Å². The van der Waals surface area contributed by atoms with Crippen LogP contribution in [-0.2, 0) is 18.3 Å². The normalized spacial score (nSPS) is 10.9. The van der Waals surface area contributed by atoms with Gasteiger partial charge in [0.1, 0.15) is 5.60 Å². The quantitative estimate of drug-likeness (QED) is 0.697. The number of hydrogen-bond donors (Lipinski definition) is 1. The van der Waals surface area contributed by atoms with Gasteiger partial charge < -0.3 is 19.2 Å². The molecule has 0 aliphatic rings. The molecule has 2 aromatic heterocycles. The smallest absolute Gasteiger partial charge is 0.408 e. The highest BCUT2D eigenvalue weighted by molar-refractivity contribution is 5.88. The predicted molar refractivity (Wildman–Crippen MR) is 110 cm³/mol. The first-order chi connectivity index (χ1) is 13.7. The van der Waals surface area contributed by atoms with E-state index in [9.17, 15) is 10.1 Å². The predicted octanol–water partition coefficient (Wildman–Crippen LogP) is 3.17. The summed E-state index contributed by atoms with van der Waals surface area (Å²) >= 11 is 0. The van der Waals surface area contributed by atoms with Crippen molar-refractivity contribution in [3.05, 3.63) is 53.7 Å². The Balaban J connectivity index is 1.83. The van der Waals surface area contributed by atoms with Crippen LogP contribution in [0.3, 0.4) is 0 Å². The molecule has 7 heteroatoms. The molecule has 0 fully saturated rings. The zero-order chi connectivity index (χ0) is 21.0. The van der Waals surface area contributed by atoms with Crippen molar-refractivity contribution < 1.29 is 9.53 Å². The molecule has 3 rings (SSSR count). The minimum Gasteiger partial charge on any atom is -0.444 e. The van der Waals surface area contributed by atoms with Crippen LogP contribution in [0.4, 0.5) is 4.79 Å². The third-order valence-electron chi connectivity index (χ3n) is 4.05. The molecule has 2 heterocycles. The second-order valence-corrected chi connectivity index (χ2v) is 7.70. The van der Waals surface area contributed by atoms with Crippen molar-refractivity contribution in [3.63, 3.8) is 0 Å². The number of ether oxygens (including phenoxy) is 1. The zero-order valence-electron chi connectivity index (χ0n) is 17.0. The molecular formula is C22H23N5O2. The number of carbonyl (C=O) groups excluding carboxylic acids is 1. The summed E-state index contributed by atoms with van der Waals surface area (Å²) in [6.45, 7) is 6.18. The lowest BCUT2D eigenvalue weighted by Gasteiger charge is -2.18. The minimum atomic E-state index is -0.547. The van der Waals surface area contributed by atoms with Gasteiger partial charge in [-0.1, -0.05) is 17.9 Å². The number of benzene rings is 1. The van der Waals surface area contributed by atoms with Crippen molar-refractivity contribution in [1.82, 2.24) is 19.4 Å². The topological polar surface area (TPSA) is 84.9 Å². The van der Waals surface area contributed by atoms with Crippen molar-refractivity contribution in [2.75, 3.05) is 6.54 Å². The molecule has 7 nitrogen and oxygen atoms in total. The highest BCUT2D eigenvalue weighted by Gasteiger charge is 2.15. The number of amides is 1. The van der Waals surface area contributed by atoms with Gasteiger partial charge in [-0.15, -0.1) is 0 Å². The number of hydrogen-bond acceptors (Lipinski definition) is 4. The van der Waals surface area contributed by atoms with E-state index in [1.54, 1.807) is 12.4 Å². The van der Waals surface area contributed by atoms with Gasteiger partial charge in [-0.2, -0.15) is 5.26 Å². The second kappa shape index (κ2) is 8.12. The van der Waals surface area contributed by atoms with Crippen molar-refractivity contribution in [1.29, 1.82) is 5.26 Å². The molecule has 0 saturated heterocycles. The third kappa shape index (κ3) is 5.18. The summed E-state index contributed by atoms with van der Waals surface area (Å²) in [5, 5.41) is 12.8. The Morgan fingerprint density at radius 2 is 2.10 bits per heavy atom. The van der Waals surface area contributed by atoms with Gasteiger partial charge in [-0.3, -0.25) is 0 Å². The molecule has 29 heavy (non-hydrogen) atoms. The highest BCUT2D eigenvalue weighted by Crippen LogP contribution is 2.23. The lowest BCUT2D eigenvalue weighted by atomic mass is 10.1. The molecule has 0 spiro atoms. The number of aromatic nitrogens is 3. The van der Waals surface area contributed by atoms with Crippen LogP contribution < -0.4 is 5.32 Å². The molecule has 0 radical (unpaired) electrons. The van der Waals surface area contributed by atoms with E-state index in [0.717, 1.165) is 22.2 Å². The average molecular weight is 389 g/mol. The van der Waals surface area contributed by atoms with Crippen molar-refractivity contribution in [2.24, 2.45) is 7.05 Å². The van der Waals surface area contributed by atoms with Crippen LogP contribution >= 0.6 is 0 Å². The minimum absolute atomic E-state index is 0.179. The van der Waals surface area contributed by atoms with Gasteiger partial charge in [-0.05, 0) is 32.9 Å². The first kappa shape index (κ1) is 20.0. The SMILES string of the molecule is Cn1cnc(Cn2cc(C#CCNC(=O)OC(C)(C)C)c3ccc(C#N)cc32)c1. The van der Waals surface area contributed by atoms with Gasteiger partial charge in [0.2, 0.25) is 0 Å². The van der Waals surface area contributed by atoms with E-state index in [2.05, 4.69) is 28.2 Å². The van der Waals surface area contributed by atoms with E-state index >= 15 is 0 Å². The maximum atomic E-state index is 11.7. The first-order valence-electron chi connectivity index (χ1n) is 9.21. The number of nitrogens with zero attached hydrogens (tertiary/aromatic N) is 4. The number of carbonyl (C=O) groups is 1. The van der Waals surface area contributed by atoms with Gasteiger partial charge >= 0.3 is 6.09 Å². The number of alkyl carbamates (subject to hydrolysis) is 1. The van der Waals surface area contributed by atoms with E-state index in [-0.39, 0.29) is 6.54 Å². The summed E-state index contributed by atoms with van der Waals surface area (Å²) < 4.78 is 9.12. The molecule has 1 N–H and O–H groups in total. The van der Waals surface area contributed by atoms with Crippen LogP contribution in [0.2, 0.25) is 0 Å². The van der Waals surface area contributed by atoms with Crippen molar-refractivity contribution in [3.8, 4) is 17.9 Å². The van der Waals surface area contributed by atoms with Crippen LogP contribution in [-0.4, -0.2) is 32.4 Å². The standard InChI is InChI=1S/C22H23N5O2/c1-22(2,3)29-21(28)24-9-5-6-17-12-27(14-18-13-26(4)15-25-18)20-10-16(11-23)7-8-19(17)20/h7-8,10,12-13,15H,9,14H2,1-4H3,(H,24,28). The van der Waals surface area contributed by atoms with Crippen LogP contribution in [0.25, 0.3) is 10.9 Å². The molecule has 1 amide bonds. The Hall–Kier alpha value is -3.71. The fourth-order valence-corrected chi connectivity index (χ4v) is 2.89. The largest absolute Gasteiger partial charge is 0.444 e. The lowest BCUT2D eigenvalue weighted by molar-refractivity contribution is 0.0535. The average Bonchev–Trinajstić information content (AvgIpc) is 3.21.